The Labute approximate surface area is 136 Å². The maximum Gasteiger partial charge on any atom is 0.270 e. The number of rotatable bonds is 2. The standard InChI is InChI=1S/C14H17ClN4O.C2H6/c1-18(2)13(20)11-7-9-8-16-14(15)17-12(9)19(11)10-5-3-4-6-10;1-2/h7-8,10H,3-6H2,1-2H3;1-2H3. The van der Waals surface area contributed by atoms with E-state index in [0.717, 1.165) is 23.9 Å². The molecule has 6 heteroatoms. The molecular formula is C16H23ClN4O. The average molecular weight is 323 g/mol. The van der Waals surface area contributed by atoms with Gasteiger partial charge in [-0.25, -0.2) is 4.98 Å². The molecule has 1 saturated carbocycles. The molecule has 1 amide bonds. The highest BCUT2D eigenvalue weighted by molar-refractivity contribution is 6.28. The molecule has 2 aromatic rings. The van der Waals surface area contributed by atoms with Crippen LogP contribution >= 0.6 is 11.6 Å². The van der Waals surface area contributed by atoms with E-state index in [1.165, 1.54) is 12.8 Å². The van der Waals surface area contributed by atoms with Crippen molar-refractivity contribution in [2.75, 3.05) is 14.1 Å². The van der Waals surface area contributed by atoms with Gasteiger partial charge in [0.2, 0.25) is 5.28 Å². The second-order valence-electron chi connectivity index (χ2n) is 5.46. The number of hydrogen-bond donors (Lipinski definition) is 0. The number of fused-ring (bicyclic) bond motifs is 1. The third-order valence-corrected chi connectivity index (χ3v) is 4.04. The summed E-state index contributed by atoms with van der Waals surface area (Å²) in [5.41, 5.74) is 1.44. The normalized spacial score (nSPS) is 14.8. The number of aromatic nitrogens is 3. The SMILES string of the molecule is CC.CN(C)C(=O)c1cc2cnc(Cl)nc2n1C1CCCC1. The smallest absolute Gasteiger partial charge is 0.270 e. The largest absolute Gasteiger partial charge is 0.343 e. The van der Waals surface area contributed by atoms with Crippen LogP contribution in [0.15, 0.2) is 12.3 Å². The van der Waals surface area contributed by atoms with Gasteiger partial charge in [-0.1, -0.05) is 26.7 Å². The maximum absolute atomic E-state index is 12.4. The summed E-state index contributed by atoms with van der Waals surface area (Å²) < 4.78 is 2.05. The molecule has 5 nitrogen and oxygen atoms in total. The van der Waals surface area contributed by atoms with Crippen LogP contribution in [0.25, 0.3) is 11.0 Å². The molecule has 2 aromatic heterocycles. The van der Waals surface area contributed by atoms with Crippen molar-refractivity contribution in [1.29, 1.82) is 0 Å². The van der Waals surface area contributed by atoms with Crippen molar-refractivity contribution in [3.05, 3.63) is 23.2 Å². The lowest BCUT2D eigenvalue weighted by Gasteiger charge is -2.18. The molecule has 0 bridgehead atoms. The van der Waals surface area contributed by atoms with Crippen LogP contribution in [0.5, 0.6) is 0 Å². The van der Waals surface area contributed by atoms with Gasteiger partial charge < -0.3 is 9.47 Å². The van der Waals surface area contributed by atoms with Gasteiger partial charge in [0, 0.05) is 31.7 Å². The van der Waals surface area contributed by atoms with E-state index in [9.17, 15) is 4.79 Å². The molecule has 0 N–H and O–H groups in total. The lowest BCUT2D eigenvalue weighted by Crippen LogP contribution is -2.25. The molecule has 1 aliphatic carbocycles. The van der Waals surface area contributed by atoms with Crippen LogP contribution in [0.4, 0.5) is 0 Å². The van der Waals surface area contributed by atoms with Gasteiger partial charge >= 0.3 is 0 Å². The lowest BCUT2D eigenvalue weighted by atomic mass is 10.2. The predicted molar refractivity (Wildman–Crippen MR) is 89.4 cm³/mol. The van der Waals surface area contributed by atoms with Crippen LogP contribution in [-0.4, -0.2) is 39.4 Å². The topological polar surface area (TPSA) is 51.0 Å². The Hall–Kier alpha value is -1.62. The van der Waals surface area contributed by atoms with Crippen molar-refractivity contribution in [3.8, 4) is 0 Å². The molecular weight excluding hydrogens is 300 g/mol. The Morgan fingerprint density at radius 2 is 1.95 bits per heavy atom. The summed E-state index contributed by atoms with van der Waals surface area (Å²) in [5.74, 6) is -0.00831. The van der Waals surface area contributed by atoms with Crippen LogP contribution < -0.4 is 0 Å². The molecule has 0 saturated heterocycles. The van der Waals surface area contributed by atoms with Crippen molar-refractivity contribution in [1.82, 2.24) is 19.4 Å². The first-order valence-corrected chi connectivity index (χ1v) is 8.21. The molecule has 0 unspecified atom stereocenters. The third-order valence-electron chi connectivity index (χ3n) is 3.86. The molecule has 0 radical (unpaired) electrons. The van der Waals surface area contributed by atoms with Crippen molar-refractivity contribution >= 4 is 28.5 Å². The Morgan fingerprint density at radius 1 is 1.32 bits per heavy atom. The number of amides is 1. The first-order valence-electron chi connectivity index (χ1n) is 7.83. The summed E-state index contributed by atoms with van der Waals surface area (Å²) in [6, 6.07) is 2.20. The fourth-order valence-corrected chi connectivity index (χ4v) is 3.04. The summed E-state index contributed by atoms with van der Waals surface area (Å²) in [4.78, 5) is 22.3. The van der Waals surface area contributed by atoms with Gasteiger partial charge in [-0.2, -0.15) is 4.98 Å². The van der Waals surface area contributed by atoms with Crippen LogP contribution in [-0.2, 0) is 0 Å². The highest BCUT2D eigenvalue weighted by atomic mass is 35.5. The average Bonchev–Trinajstić information content (AvgIpc) is 3.14. The number of carbonyl (C=O) groups excluding carboxylic acids is 1. The second kappa shape index (κ2) is 7.09. The summed E-state index contributed by atoms with van der Waals surface area (Å²) in [6.07, 6.45) is 6.23. The van der Waals surface area contributed by atoms with E-state index >= 15 is 0 Å². The van der Waals surface area contributed by atoms with E-state index in [1.54, 1.807) is 25.2 Å². The van der Waals surface area contributed by atoms with E-state index in [4.69, 9.17) is 11.6 Å². The molecule has 0 aromatic carbocycles. The lowest BCUT2D eigenvalue weighted by molar-refractivity contribution is 0.0815. The van der Waals surface area contributed by atoms with E-state index in [0.29, 0.717) is 11.7 Å². The summed E-state index contributed by atoms with van der Waals surface area (Å²) >= 11 is 5.92. The Kier molecular flexibility index (Phi) is 5.40. The first-order chi connectivity index (χ1) is 10.6. The number of nitrogens with zero attached hydrogens (tertiary/aromatic N) is 4. The van der Waals surface area contributed by atoms with Crippen LogP contribution in [0.3, 0.4) is 0 Å². The number of carbonyl (C=O) groups is 1. The van der Waals surface area contributed by atoms with Crippen molar-refractivity contribution in [2.24, 2.45) is 0 Å². The Morgan fingerprint density at radius 3 is 2.55 bits per heavy atom. The molecule has 0 spiro atoms. The minimum atomic E-state index is -0.00831. The predicted octanol–water partition coefficient (Wildman–Crippen LogP) is 3.93. The van der Waals surface area contributed by atoms with Crippen LogP contribution in [0, 0.1) is 0 Å². The molecule has 0 aliphatic heterocycles. The molecule has 120 valence electrons. The summed E-state index contributed by atoms with van der Waals surface area (Å²) in [5, 5.41) is 1.09. The highest BCUT2D eigenvalue weighted by Gasteiger charge is 2.26. The van der Waals surface area contributed by atoms with E-state index in [1.807, 2.05) is 19.9 Å². The Balaban J connectivity index is 0.000000847. The van der Waals surface area contributed by atoms with Gasteiger partial charge in [0.15, 0.2) is 0 Å². The van der Waals surface area contributed by atoms with Crippen molar-refractivity contribution in [2.45, 2.75) is 45.6 Å². The Bertz CT molecular complexity index is 659. The monoisotopic (exact) mass is 322 g/mol. The molecule has 3 rings (SSSR count). The molecule has 0 atom stereocenters. The zero-order valence-electron chi connectivity index (χ0n) is 13.6. The zero-order chi connectivity index (χ0) is 16.3. The third kappa shape index (κ3) is 3.09. The zero-order valence-corrected chi connectivity index (χ0v) is 14.4. The number of hydrogen-bond acceptors (Lipinski definition) is 3. The highest BCUT2D eigenvalue weighted by Crippen LogP contribution is 2.34. The van der Waals surface area contributed by atoms with Crippen molar-refractivity contribution in [3.63, 3.8) is 0 Å². The van der Waals surface area contributed by atoms with E-state index in [2.05, 4.69) is 14.5 Å². The minimum Gasteiger partial charge on any atom is -0.343 e. The minimum absolute atomic E-state index is 0.00831. The van der Waals surface area contributed by atoms with Gasteiger partial charge in [-0.15, -0.1) is 0 Å². The molecule has 1 aliphatic rings. The van der Waals surface area contributed by atoms with Gasteiger partial charge in [-0.3, -0.25) is 4.79 Å². The molecule has 1 fully saturated rings. The van der Waals surface area contributed by atoms with E-state index < -0.39 is 0 Å². The fourth-order valence-electron chi connectivity index (χ4n) is 2.91. The molecule has 22 heavy (non-hydrogen) atoms. The van der Waals surface area contributed by atoms with Gasteiger partial charge in [-0.05, 0) is 30.5 Å². The second-order valence-corrected chi connectivity index (χ2v) is 5.79. The quantitative estimate of drug-likeness (QED) is 0.787. The maximum atomic E-state index is 12.4. The molecule has 2 heterocycles. The van der Waals surface area contributed by atoms with Crippen molar-refractivity contribution < 1.29 is 4.79 Å². The summed E-state index contributed by atoms with van der Waals surface area (Å²) in [7, 11) is 3.52. The van der Waals surface area contributed by atoms with Gasteiger partial charge in [0.25, 0.3) is 5.91 Å². The fraction of sp³-hybridized carbons (Fsp3) is 0.562. The first kappa shape index (κ1) is 16.7. The van der Waals surface area contributed by atoms with E-state index in [-0.39, 0.29) is 11.2 Å². The summed E-state index contributed by atoms with van der Waals surface area (Å²) in [6.45, 7) is 4.00. The van der Waals surface area contributed by atoms with Gasteiger partial charge in [0.1, 0.15) is 11.3 Å². The van der Waals surface area contributed by atoms with Gasteiger partial charge in [0.05, 0.1) is 0 Å². The van der Waals surface area contributed by atoms with Crippen LogP contribution in [0.1, 0.15) is 56.1 Å². The number of halogens is 1. The van der Waals surface area contributed by atoms with Crippen LogP contribution in [0.2, 0.25) is 5.28 Å².